The molecule has 2 aliphatic heterocycles. The topological polar surface area (TPSA) is 71.1 Å². The van der Waals surface area contributed by atoms with Gasteiger partial charge in [0.1, 0.15) is 5.75 Å². The molecule has 0 unspecified atom stereocenters. The van der Waals surface area contributed by atoms with Crippen molar-refractivity contribution in [2.75, 3.05) is 56.2 Å². The van der Waals surface area contributed by atoms with Crippen LogP contribution in [0, 0.1) is 5.92 Å². The number of carbonyl (C=O) groups is 2. The van der Waals surface area contributed by atoms with Crippen molar-refractivity contribution >= 4 is 23.2 Å². The number of nitrogens with one attached hydrogen (secondary N) is 1. The molecule has 4 rings (SSSR count). The van der Waals surface area contributed by atoms with Crippen molar-refractivity contribution in [1.82, 2.24) is 4.90 Å². The third-order valence-electron chi connectivity index (χ3n) is 5.84. The number of rotatable bonds is 6. The fourth-order valence-electron chi connectivity index (χ4n) is 3.97. The second-order valence-corrected chi connectivity index (χ2v) is 7.89. The lowest BCUT2D eigenvalue weighted by Gasteiger charge is -2.31. The van der Waals surface area contributed by atoms with Crippen LogP contribution in [0.4, 0.5) is 11.4 Å². The van der Waals surface area contributed by atoms with Crippen LogP contribution in [0.2, 0.25) is 0 Å². The monoisotopic (exact) mass is 423 g/mol. The molecule has 0 saturated carbocycles. The van der Waals surface area contributed by atoms with Crippen LogP contribution in [-0.2, 0) is 14.3 Å². The van der Waals surface area contributed by atoms with E-state index < -0.39 is 0 Å². The van der Waals surface area contributed by atoms with E-state index in [1.807, 2.05) is 54.6 Å². The van der Waals surface area contributed by atoms with Gasteiger partial charge in [-0.25, -0.2) is 0 Å². The van der Waals surface area contributed by atoms with Gasteiger partial charge in [0.2, 0.25) is 5.91 Å². The molecule has 0 bridgehead atoms. The number of nitrogens with zero attached hydrogens (tertiary/aromatic N) is 2. The van der Waals surface area contributed by atoms with E-state index in [2.05, 4.69) is 10.2 Å². The summed E-state index contributed by atoms with van der Waals surface area (Å²) in [5.41, 5.74) is 1.95. The fraction of sp³-hybridized carbons (Fsp3) is 0.417. The minimum absolute atomic E-state index is 0.0201. The molecule has 2 aromatic carbocycles. The minimum Gasteiger partial charge on any atom is -0.484 e. The van der Waals surface area contributed by atoms with E-state index in [9.17, 15) is 9.59 Å². The Morgan fingerprint density at radius 1 is 0.935 bits per heavy atom. The summed E-state index contributed by atoms with van der Waals surface area (Å²) in [6.07, 6.45) is 1.32. The summed E-state index contributed by atoms with van der Waals surface area (Å²) in [6.45, 7) is 4.45. The van der Waals surface area contributed by atoms with E-state index in [0.29, 0.717) is 31.7 Å². The molecular weight excluding hydrogens is 394 g/mol. The van der Waals surface area contributed by atoms with Crippen LogP contribution in [0.3, 0.4) is 0 Å². The van der Waals surface area contributed by atoms with Crippen molar-refractivity contribution in [1.29, 1.82) is 0 Å². The van der Waals surface area contributed by atoms with Crippen molar-refractivity contribution in [3.63, 3.8) is 0 Å². The number of amides is 2. The summed E-state index contributed by atoms with van der Waals surface area (Å²) in [5.74, 6) is 0.580. The molecular formula is C24H29N3O4. The normalized spacial score (nSPS) is 17.3. The van der Waals surface area contributed by atoms with Gasteiger partial charge in [-0.1, -0.05) is 18.2 Å². The summed E-state index contributed by atoms with van der Waals surface area (Å²) in [6, 6.07) is 17.3. The first kappa shape index (κ1) is 21.2. The number of carbonyl (C=O) groups excluding carboxylic acids is 2. The first-order chi connectivity index (χ1) is 15.2. The van der Waals surface area contributed by atoms with E-state index in [4.69, 9.17) is 9.47 Å². The van der Waals surface area contributed by atoms with Gasteiger partial charge in [-0.15, -0.1) is 0 Å². The van der Waals surface area contributed by atoms with E-state index in [1.165, 1.54) is 0 Å². The summed E-state index contributed by atoms with van der Waals surface area (Å²) in [5, 5.41) is 3.02. The molecule has 2 heterocycles. The maximum atomic E-state index is 12.7. The highest BCUT2D eigenvalue weighted by Gasteiger charge is 2.27. The van der Waals surface area contributed by atoms with Crippen molar-refractivity contribution < 1.29 is 19.1 Å². The van der Waals surface area contributed by atoms with Crippen LogP contribution in [0.25, 0.3) is 0 Å². The number of benzene rings is 2. The fourth-order valence-corrected chi connectivity index (χ4v) is 3.97. The molecule has 0 aromatic heterocycles. The Labute approximate surface area is 182 Å². The molecule has 1 N–H and O–H groups in total. The molecule has 0 radical (unpaired) electrons. The van der Waals surface area contributed by atoms with Gasteiger partial charge in [0, 0.05) is 43.5 Å². The largest absolute Gasteiger partial charge is 0.484 e. The van der Waals surface area contributed by atoms with Crippen molar-refractivity contribution in [3.05, 3.63) is 54.6 Å². The van der Waals surface area contributed by atoms with Crippen LogP contribution < -0.4 is 15.0 Å². The molecule has 2 aliphatic rings. The van der Waals surface area contributed by atoms with Crippen molar-refractivity contribution in [2.24, 2.45) is 5.92 Å². The van der Waals surface area contributed by atoms with Crippen LogP contribution in [0.15, 0.2) is 54.6 Å². The van der Waals surface area contributed by atoms with Gasteiger partial charge in [-0.3, -0.25) is 9.59 Å². The number of hydrogen-bond donors (Lipinski definition) is 1. The van der Waals surface area contributed by atoms with Crippen LogP contribution in [0.5, 0.6) is 5.75 Å². The molecule has 2 aromatic rings. The summed E-state index contributed by atoms with van der Waals surface area (Å²) in [7, 11) is 0. The first-order valence-electron chi connectivity index (χ1n) is 10.9. The second kappa shape index (κ2) is 10.3. The van der Waals surface area contributed by atoms with Crippen LogP contribution >= 0.6 is 0 Å². The van der Waals surface area contributed by atoms with Crippen LogP contribution in [-0.4, -0.2) is 62.7 Å². The van der Waals surface area contributed by atoms with Gasteiger partial charge >= 0.3 is 0 Å². The zero-order valence-corrected chi connectivity index (χ0v) is 17.7. The van der Waals surface area contributed by atoms with Gasteiger partial charge in [0.25, 0.3) is 5.91 Å². The predicted molar refractivity (Wildman–Crippen MR) is 119 cm³/mol. The van der Waals surface area contributed by atoms with Gasteiger partial charge in [0.05, 0.1) is 13.2 Å². The lowest BCUT2D eigenvalue weighted by atomic mass is 9.95. The highest BCUT2D eigenvalue weighted by Crippen LogP contribution is 2.22. The smallest absolute Gasteiger partial charge is 0.260 e. The van der Waals surface area contributed by atoms with Crippen molar-refractivity contribution in [2.45, 2.75) is 12.8 Å². The van der Waals surface area contributed by atoms with E-state index >= 15 is 0 Å². The molecule has 0 aliphatic carbocycles. The average molecular weight is 424 g/mol. The number of piperidine rings is 1. The van der Waals surface area contributed by atoms with Gasteiger partial charge in [-0.05, 0) is 49.2 Å². The van der Waals surface area contributed by atoms with Gasteiger partial charge < -0.3 is 24.6 Å². The Morgan fingerprint density at radius 2 is 1.61 bits per heavy atom. The summed E-state index contributed by atoms with van der Waals surface area (Å²) in [4.78, 5) is 29.1. The number of anilines is 2. The quantitative estimate of drug-likeness (QED) is 0.774. The van der Waals surface area contributed by atoms with E-state index in [-0.39, 0.29) is 24.3 Å². The standard InChI is InChI=1S/C24H29N3O4/c28-23(18-31-22-4-2-1-3-5-22)27-12-10-19(11-13-27)24(29)25-20-6-8-21(9-7-20)26-14-16-30-17-15-26/h1-9,19H,10-18H2,(H,25,29). The Bertz CT molecular complexity index is 858. The first-order valence-corrected chi connectivity index (χ1v) is 10.9. The highest BCUT2D eigenvalue weighted by atomic mass is 16.5. The molecule has 0 spiro atoms. The number of likely N-dealkylation sites (tertiary alicyclic amines) is 1. The molecule has 164 valence electrons. The molecule has 2 fully saturated rings. The minimum atomic E-state index is -0.0852. The predicted octanol–water partition coefficient (Wildman–Crippen LogP) is 2.78. The maximum absolute atomic E-state index is 12.7. The number of ether oxygens (including phenoxy) is 2. The Kier molecular flexibility index (Phi) is 7.04. The van der Waals surface area contributed by atoms with E-state index in [1.54, 1.807) is 4.90 Å². The molecule has 0 atom stereocenters. The maximum Gasteiger partial charge on any atom is 0.260 e. The molecule has 7 heteroatoms. The molecule has 2 saturated heterocycles. The SMILES string of the molecule is O=C(Nc1ccc(N2CCOCC2)cc1)C1CCN(C(=O)COc2ccccc2)CC1. The number of para-hydroxylation sites is 1. The lowest BCUT2D eigenvalue weighted by Crippen LogP contribution is -2.43. The highest BCUT2D eigenvalue weighted by molar-refractivity contribution is 5.93. The molecule has 31 heavy (non-hydrogen) atoms. The van der Waals surface area contributed by atoms with Crippen molar-refractivity contribution in [3.8, 4) is 5.75 Å². The molecule has 7 nitrogen and oxygen atoms in total. The number of morpholine rings is 1. The Morgan fingerprint density at radius 3 is 2.29 bits per heavy atom. The van der Waals surface area contributed by atoms with Crippen LogP contribution in [0.1, 0.15) is 12.8 Å². The average Bonchev–Trinajstić information content (AvgIpc) is 2.84. The van der Waals surface area contributed by atoms with Gasteiger partial charge in [-0.2, -0.15) is 0 Å². The molecule has 2 amide bonds. The Balaban J connectivity index is 1.21. The summed E-state index contributed by atoms with van der Waals surface area (Å²) >= 11 is 0. The van der Waals surface area contributed by atoms with Gasteiger partial charge in [0.15, 0.2) is 6.61 Å². The zero-order valence-electron chi connectivity index (χ0n) is 17.7. The second-order valence-electron chi connectivity index (χ2n) is 7.89. The summed E-state index contributed by atoms with van der Waals surface area (Å²) < 4.78 is 10.9. The lowest BCUT2D eigenvalue weighted by molar-refractivity contribution is -0.136. The number of hydrogen-bond acceptors (Lipinski definition) is 5. The third-order valence-corrected chi connectivity index (χ3v) is 5.84. The van der Waals surface area contributed by atoms with E-state index in [0.717, 1.165) is 37.7 Å². The third kappa shape index (κ3) is 5.76. The zero-order chi connectivity index (χ0) is 21.5. The Hall–Kier alpha value is -3.06.